The van der Waals surface area contributed by atoms with Crippen LogP contribution >= 0.6 is 0 Å². The fourth-order valence-corrected chi connectivity index (χ4v) is 3.39. The van der Waals surface area contributed by atoms with Gasteiger partial charge in [0.1, 0.15) is 6.54 Å². The van der Waals surface area contributed by atoms with Crippen LogP contribution in [-0.4, -0.2) is 77.0 Å². The minimum absolute atomic E-state index is 0.0206. The molecule has 4 N–H and O–H groups in total. The Bertz CT molecular complexity index is 440. The smallest absolute Gasteiger partial charge is 0.359 e. The summed E-state index contributed by atoms with van der Waals surface area (Å²) in [5.74, 6) is -2.36. The molecule has 28 heavy (non-hydrogen) atoms. The van der Waals surface area contributed by atoms with Crippen molar-refractivity contribution in [2.75, 3.05) is 39.3 Å². The zero-order chi connectivity index (χ0) is 21.3. The van der Waals surface area contributed by atoms with Crippen LogP contribution in [-0.2, 0) is 14.4 Å². The molecule has 1 amide bonds. The number of rotatable bonds is 19. The average Bonchev–Trinajstić information content (AvgIpc) is 2.59. The van der Waals surface area contributed by atoms with Gasteiger partial charge in [-0.25, -0.2) is 9.59 Å². The number of amides is 1. The summed E-state index contributed by atoms with van der Waals surface area (Å²) in [5.41, 5.74) is 0. The maximum absolute atomic E-state index is 11.9. The monoisotopic (exact) mass is 403 g/mol. The first-order chi connectivity index (χ1) is 13.3. The number of aliphatic carboxylic acids is 2. The lowest BCUT2D eigenvalue weighted by Crippen LogP contribution is -2.58. The molecule has 0 aromatic carbocycles. The average molecular weight is 404 g/mol. The van der Waals surface area contributed by atoms with Crippen molar-refractivity contribution in [3.8, 4) is 0 Å². The Morgan fingerprint density at radius 2 is 1.29 bits per heavy atom. The number of quaternary nitrogens is 1. The van der Waals surface area contributed by atoms with E-state index in [1.54, 1.807) is 0 Å². The number of hydrogen-bond acceptors (Lipinski definition) is 4. The van der Waals surface area contributed by atoms with Crippen molar-refractivity contribution in [1.29, 1.82) is 0 Å². The van der Waals surface area contributed by atoms with Gasteiger partial charge in [0.25, 0.3) is 0 Å². The third-order valence-electron chi connectivity index (χ3n) is 4.93. The Morgan fingerprint density at radius 3 is 1.75 bits per heavy atom. The molecule has 0 bridgehead atoms. The maximum atomic E-state index is 11.9. The summed E-state index contributed by atoms with van der Waals surface area (Å²) in [7, 11) is 0. The third kappa shape index (κ3) is 14.4. The molecule has 0 radical (unpaired) electrons. The van der Waals surface area contributed by atoms with Crippen LogP contribution in [0.5, 0.6) is 0 Å². The molecule has 0 heterocycles. The van der Waals surface area contributed by atoms with E-state index in [1.165, 1.54) is 38.5 Å². The van der Waals surface area contributed by atoms with E-state index in [1.807, 2.05) is 0 Å². The molecule has 0 aliphatic heterocycles. The van der Waals surface area contributed by atoms with Gasteiger partial charge in [-0.05, 0) is 6.42 Å². The number of aliphatic hydroxyl groups excluding tert-OH is 1. The van der Waals surface area contributed by atoms with Crippen molar-refractivity contribution < 1.29 is 34.2 Å². The largest absolute Gasteiger partial charge is 0.477 e. The van der Waals surface area contributed by atoms with Crippen LogP contribution in [0.15, 0.2) is 0 Å². The molecule has 0 unspecified atom stereocenters. The second-order valence-corrected chi connectivity index (χ2v) is 7.54. The fourth-order valence-electron chi connectivity index (χ4n) is 3.39. The van der Waals surface area contributed by atoms with Gasteiger partial charge in [0.2, 0.25) is 5.91 Å². The summed E-state index contributed by atoms with van der Waals surface area (Å²) >= 11 is 0. The number of hydrogen-bond donors (Lipinski definition) is 4. The predicted molar refractivity (Wildman–Crippen MR) is 107 cm³/mol. The molecule has 0 spiro atoms. The van der Waals surface area contributed by atoms with E-state index in [9.17, 15) is 19.5 Å². The molecule has 0 atom stereocenters. The van der Waals surface area contributed by atoms with Crippen LogP contribution in [0.3, 0.4) is 0 Å². The second kappa shape index (κ2) is 16.3. The van der Waals surface area contributed by atoms with Gasteiger partial charge in [-0.15, -0.1) is 0 Å². The van der Waals surface area contributed by atoms with Crippen molar-refractivity contribution in [3.63, 3.8) is 0 Å². The quantitative estimate of drug-likeness (QED) is 0.193. The Morgan fingerprint density at radius 1 is 0.786 bits per heavy atom. The number of carboxylic acid groups (broad SMARTS) is 2. The summed E-state index contributed by atoms with van der Waals surface area (Å²) in [6, 6.07) is 0. The highest BCUT2D eigenvalue weighted by molar-refractivity contribution is 5.75. The van der Waals surface area contributed by atoms with E-state index in [0.29, 0.717) is 6.42 Å². The van der Waals surface area contributed by atoms with Gasteiger partial charge in [0.15, 0.2) is 13.1 Å². The molecule has 8 heteroatoms. The van der Waals surface area contributed by atoms with Crippen molar-refractivity contribution in [2.24, 2.45) is 0 Å². The molecule has 8 nitrogen and oxygen atoms in total. The van der Waals surface area contributed by atoms with Crippen LogP contribution in [0.25, 0.3) is 0 Å². The Hall–Kier alpha value is -1.67. The highest BCUT2D eigenvalue weighted by atomic mass is 16.4. The number of carboxylic acids is 2. The minimum Gasteiger partial charge on any atom is -0.477 e. The Kier molecular flexibility index (Phi) is 15.3. The molecule has 0 aromatic heterocycles. The van der Waals surface area contributed by atoms with E-state index in [-0.39, 0.29) is 36.6 Å². The minimum atomic E-state index is -1.13. The van der Waals surface area contributed by atoms with Gasteiger partial charge in [-0.1, -0.05) is 58.3 Å². The van der Waals surface area contributed by atoms with Crippen molar-refractivity contribution in [3.05, 3.63) is 0 Å². The Labute approximate surface area is 168 Å². The second-order valence-electron chi connectivity index (χ2n) is 7.54. The summed E-state index contributed by atoms with van der Waals surface area (Å²) in [5, 5.41) is 30.1. The summed E-state index contributed by atoms with van der Waals surface area (Å²) in [6.45, 7) is 1.45. The predicted octanol–water partition coefficient (Wildman–Crippen LogP) is 2.00. The van der Waals surface area contributed by atoms with E-state index in [2.05, 4.69) is 12.2 Å². The number of aliphatic hydroxyl groups is 1. The number of nitrogens with zero attached hydrogens (tertiary/aromatic N) is 1. The van der Waals surface area contributed by atoms with Crippen LogP contribution < -0.4 is 5.32 Å². The molecule has 0 aromatic rings. The van der Waals surface area contributed by atoms with Crippen LogP contribution in [0.4, 0.5) is 0 Å². The molecule has 0 saturated heterocycles. The van der Waals surface area contributed by atoms with Crippen LogP contribution in [0, 0.1) is 0 Å². The van der Waals surface area contributed by atoms with Gasteiger partial charge in [0, 0.05) is 6.42 Å². The molecular formula is C20H39N2O6+. The van der Waals surface area contributed by atoms with Crippen LogP contribution in [0.2, 0.25) is 0 Å². The standard InChI is InChI=1S/C20H38N2O6/c1-2-3-4-5-6-7-8-9-10-11-18(24)21-12-13-22(14-15-23,16-19(25)26)17-20(27)28/h23H,2-17H2,1H3,(H2-,21,24,25,26,27,28)/p+1. The lowest BCUT2D eigenvalue weighted by atomic mass is 10.1. The lowest BCUT2D eigenvalue weighted by molar-refractivity contribution is -0.913. The Balaban J connectivity index is 4.06. The molecule has 0 fully saturated rings. The van der Waals surface area contributed by atoms with E-state index < -0.39 is 25.0 Å². The normalized spacial score (nSPS) is 11.4. The SMILES string of the molecule is CCCCCCCCCCCC(=O)NCC[N+](CCO)(CC(=O)O)CC(=O)O. The molecule has 0 saturated carbocycles. The highest BCUT2D eigenvalue weighted by Crippen LogP contribution is 2.10. The molecule has 0 aliphatic rings. The summed E-state index contributed by atoms with van der Waals surface area (Å²) < 4.78 is -0.292. The molecular weight excluding hydrogens is 364 g/mol. The van der Waals surface area contributed by atoms with Gasteiger partial charge in [-0.2, -0.15) is 0 Å². The molecule has 0 aliphatic carbocycles. The van der Waals surface area contributed by atoms with Crippen molar-refractivity contribution in [1.82, 2.24) is 5.32 Å². The van der Waals surface area contributed by atoms with Gasteiger partial charge < -0.3 is 25.1 Å². The fraction of sp³-hybridized carbons (Fsp3) is 0.850. The first kappa shape index (κ1) is 26.3. The first-order valence-electron chi connectivity index (χ1n) is 10.5. The van der Waals surface area contributed by atoms with Crippen molar-refractivity contribution in [2.45, 2.75) is 71.1 Å². The third-order valence-corrected chi connectivity index (χ3v) is 4.93. The first-order valence-corrected chi connectivity index (χ1v) is 10.5. The zero-order valence-corrected chi connectivity index (χ0v) is 17.3. The highest BCUT2D eigenvalue weighted by Gasteiger charge is 2.32. The van der Waals surface area contributed by atoms with Crippen molar-refractivity contribution >= 4 is 17.8 Å². The number of unbranched alkanes of at least 4 members (excludes halogenated alkanes) is 8. The maximum Gasteiger partial charge on any atom is 0.359 e. The molecule has 0 rings (SSSR count). The van der Waals surface area contributed by atoms with Gasteiger partial charge in [-0.3, -0.25) is 4.79 Å². The summed E-state index contributed by atoms with van der Waals surface area (Å²) in [6.07, 6.45) is 11.0. The number of carbonyl (C=O) groups is 3. The topological polar surface area (TPSA) is 124 Å². The van der Waals surface area contributed by atoms with E-state index >= 15 is 0 Å². The zero-order valence-electron chi connectivity index (χ0n) is 17.3. The van der Waals surface area contributed by atoms with E-state index in [0.717, 1.165) is 19.3 Å². The van der Waals surface area contributed by atoms with Gasteiger partial charge >= 0.3 is 11.9 Å². The summed E-state index contributed by atoms with van der Waals surface area (Å²) in [4.78, 5) is 34.1. The number of nitrogens with one attached hydrogen (secondary N) is 1. The molecule has 164 valence electrons. The lowest BCUT2D eigenvalue weighted by Gasteiger charge is -2.35. The van der Waals surface area contributed by atoms with E-state index in [4.69, 9.17) is 10.2 Å². The number of carbonyl (C=O) groups excluding carboxylic acids is 1. The van der Waals surface area contributed by atoms with Crippen LogP contribution in [0.1, 0.15) is 71.1 Å². The van der Waals surface area contributed by atoms with Gasteiger partial charge in [0.05, 0.1) is 19.7 Å².